The van der Waals surface area contributed by atoms with Gasteiger partial charge in [-0.1, -0.05) is 30.3 Å². The Hall–Kier alpha value is -1.84. The molecule has 0 radical (unpaired) electrons. The number of hydrogen-bond donors (Lipinski definition) is 1. The minimum atomic E-state index is 0. The molecular formula is C22H33IN6O. The lowest BCUT2D eigenvalue weighted by Crippen LogP contribution is -2.40. The molecule has 164 valence electrons. The zero-order valence-electron chi connectivity index (χ0n) is 17.8. The number of guanidine groups is 1. The predicted octanol–water partition coefficient (Wildman–Crippen LogP) is 2.84. The van der Waals surface area contributed by atoms with Crippen molar-refractivity contribution in [2.75, 3.05) is 26.2 Å². The highest BCUT2D eigenvalue weighted by Crippen LogP contribution is 2.26. The summed E-state index contributed by atoms with van der Waals surface area (Å²) in [5, 5.41) is 7.95. The Morgan fingerprint density at radius 1 is 1.23 bits per heavy atom. The largest absolute Gasteiger partial charge is 0.357 e. The number of aliphatic imine (C=N–C) groups is 1. The first-order valence-corrected chi connectivity index (χ1v) is 11.0. The maximum absolute atomic E-state index is 12.4. The molecule has 1 saturated heterocycles. The fourth-order valence-electron chi connectivity index (χ4n) is 4.38. The van der Waals surface area contributed by atoms with Crippen LogP contribution < -0.4 is 11.0 Å². The number of nitrogens with one attached hydrogen (secondary N) is 1. The van der Waals surface area contributed by atoms with Gasteiger partial charge in [0.25, 0.3) is 0 Å². The third-order valence-electron chi connectivity index (χ3n) is 5.91. The van der Waals surface area contributed by atoms with Crippen LogP contribution in [0.4, 0.5) is 0 Å². The molecule has 1 unspecified atom stereocenters. The summed E-state index contributed by atoms with van der Waals surface area (Å²) in [4.78, 5) is 19.6. The van der Waals surface area contributed by atoms with Gasteiger partial charge in [0.15, 0.2) is 5.96 Å². The first-order chi connectivity index (χ1) is 14.3. The van der Waals surface area contributed by atoms with E-state index in [4.69, 9.17) is 4.99 Å². The van der Waals surface area contributed by atoms with Crippen molar-refractivity contribution in [3.05, 3.63) is 52.2 Å². The first-order valence-electron chi connectivity index (χ1n) is 11.0. The van der Waals surface area contributed by atoms with Gasteiger partial charge in [-0.3, -0.25) is 9.56 Å². The van der Waals surface area contributed by atoms with Gasteiger partial charge in [-0.15, -0.1) is 24.0 Å². The molecule has 1 N–H and O–H groups in total. The molecule has 3 heterocycles. The van der Waals surface area contributed by atoms with Crippen molar-refractivity contribution in [3.63, 3.8) is 0 Å². The quantitative estimate of drug-likeness (QED) is 0.273. The fourth-order valence-corrected chi connectivity index (χ4v) is 4.38. The SMILES string of the molecule is CCNC(=NCCCn1nc2n(c1=O)CCCC2)N1CCC(c2ccccc2)C1.I. The van der Waals surface area contributed by atoms with Crippen LogP contribution in [0, 0.1) is 0 Å². The van der Waals surface area contributed by atoms with Gasteiger partial charge in [-0.05, 0) is 38.2 Å². The van der Waals surface area contributed by atoms with Gasteiger partial charge < -0.3 is 10.2 Å². The van der Waals surface area contributed by atoms with Gasteiger partial charge in [0.05, 0.1) is 0 Å². The molecule has 2 aliphatic heterocycles. The third-order valence-corrected chi connectivity index (χ3v) is 5.91. The molecule has 0 amide bonds. The highest BCUT2D eigenvalue weighted by molar-refractivity contribution is 14.0. The maximum Gasteiger partial charge on any atom is 0.345 e. The zero-order chi connectivity index (χ0) is 20.1. The summed E-state index contributed by atoms with van der Waals surface area (Å²) in [7, 11) is 0. The van der Waals surface area contributed by atoms with Crippen LogP contribution in [0.3, 0.4) is 0 Å². The Morgan fingerprint density at radius 2 is 2.07 bits per heavy atom. The minimum absolute atomic E-state index is 0. The van der Waals surface area contributed by atoms with Crippen molar-refractivity contribution >= 4 is 29.9 Å². The molecule has 1 aromatic carbocycles. The zero-order valence-corrected chi connectivity index (χ0v) is 20.1. The fraction of sp³-hybridized carbons (Fsp3) is 0.591. The first kappa shape index (κ1) is 22.8. The van der Waals surface area contributed by atoms with Crippen LogP contribution >= 0.6 is 24.0 Å². The lowest BCUT2D eigenvalue weighted by molar-refractivity contribution is 0.483. The molecule has 2 aromatic rings. The third kappa shape index (κ3) is 5.25. The molecule has 0 saturated carbocycles. The van der Waals surface area contributed by atoms with Gasteiger partial charge >= 0.3 is 5.69 Å². The second kappa shape index (κ2) is 11.0. The molecule has 4 rings (SSSR count). The number of benzene rings is 1. The van der Waals surface area contributed by atoms with E-state index in [0.29, 0.717) is 19.0 Å². The smallest absolute Gasteiger partial charge is 0.345 e. The summed E-state index contributed by atoms with van der Waals surface area (Å²) < 4.78 is 3.47. The van der Waals surface area contributed by atoms with Crippen molar-refractivity contribution in [1.29, 1.82) is 0 Å². The van der Waals surface area contributed by atoms with Crippen molar-refractivity contribution in [1.82, 2.24) is 24.6 Å². The molecule has 1 aromatic heterocycles. The van der Waals surface area contributed by atoms with Crippen molar-refractivity contribution < 1.29 is 0 Å². The van der Waals surface area contributed by atoms with Crippen LogP contribution in [0.1, 0.15) is 49.9 Å². The lowest BCUT2D eigenvalue weighted by atomic mass is 9.99. The van der Waals surface area contributed by atoms with Gasteiger partial charge in [0, 0.05) is 51.6 Å². The number of aryl methyl sites for hydroxylation is 2. The summed E-state index contributed by atoms with van der Waals surface area (Å²) >= 11 is 0. The lowest BCUT2D eigenvalue weighted by Gasteiger charge is -2.21. The molecule has 0 bridgehead atoms. The van der Waals surface area contributed by atoms with E-state index < -0.39 is 0 Å². The Balaban J connectivity index is 0.00000256. The van der Waals surface area contributed by atoms with Crippen molar-refractivity contribution in [2.45, 2.75) is 58.0 Å². The average molecular weight is 524 g/mol. The number of likely N-dealkylation sites (tertiary alicyclic amines) is 1. The molecule has 0 aliphatic carbocycles. The summed E-state index contributed by atoms with van der Waals surface area (Å²) in [6.45, 7) is 7.14. The minimum Gasteiger partial charge on any atom is -0.357 e. The van der Waals surface area contributed by atoms with Gasteiger partial charge in [0.1, 0.15) is 5.82 Å². The van der Waals surface area contributed by atoms with Crippen molar-refractivity contribution in [3.8, 4) is 0 Å². The van der Waals surface area contributed by atoms with Crippen molar-refractivity contribution in [2.24, 2.45) is 4.99 Å². The van der Waals surface area contributed by atoms with Crippen LogP contribution in [0.15, 0.2) is 40.1 Å². The summed E-state index contributed by atoms with van der Waals surface area (Å²) in [5.41, 5.74) is 1.45. The highest BCUT2D eigenvalue weighted by atomic mass is 127. The number of fused-ring (bicyclic) bond motifs is 1. The van der Waals surface area contributed by atoms with Gasteiger partial charge in [-0.2, -0.15) is 5.10 Å². The van der Waals surface area contributed by atoms with Crippen LogP contribution in [-0.4, -0.2) is 51.4 Å². The topological polar surface area (TPSA) is 67.5 Å². The summed E-state index contributed by atoms with van der Waals surface area (Å²) in [6, 6.07) is 10.8. The van der Waals surface area contributed by atoms with E-state index in [1.165, 1.54) is 5.56 Å². The Morgan fingerprint density at radius 3 is 2.83 bits per heavy atom. The van der Waals surface area contributed by atoms with E-state index in [2.05, 4.69) is 52.6 Å². The molecule has 1 fully saturated rings. The second-order valence-electron chi connectivity index (χ2n) is 7.96. The van der Waals surface area contributed by atoms with Gasteiger partial charge in [-0.25, -0.2) is 9.48 Å². The Labute approximate surface area is 195 Å². The van der Waals surface area contributed by atoms with E-state index in [9.17, 15) is 4.79 Å². The van der Waals surface area contributed by atoms with Crippen LogP contribution in [0.25, 0.3) is 0 Å². The van der Waals surface area contributed by atoms with E-state index >= 15 is 0 Å². The molecule has 0 spiro atoms. The van der Waals surface area contributed by atoms with Crippen LogP contribution in [0.2, 0.25) is 0 Å². The number of aromatic nitrogens is 3. The van der Waals surface area contributed by atoms with Crippen LogP contribution in [-0.2, 0) is 19.5 Å². The van der Waals surface area contributed by atoms with E-state index in [0.717, 1.165) is 70.1 Å². The molecular weight excluding hydrogens is 491 g/mol. The summed E-state index contributed by atoms with van der Waals surface area (Å²) in [5.74, 6) is 2.50. The van der Waals surface area contributed by atoms with E-state index in [1.54, 1.807) is 4.68 Å². The van der Waals surface area contributed by atoms with Crippen LogP contribution in [0.5, 0.6) is 0 Å². The Kier molecular flexibility index (Phi) is 8.35. The summed E-state index contributed by atoms with van der Waals surface area (Å²) in [6.07, 6.45) is 5.11. The standard InChI is InChI=1S/C22H32N6O.HI/c1-2-23-21(26-16-12-19(17-26)18-9-4-3-5-10-18)24-13-8-15-28-22(29)27-14-7-6-11-20(27)25-28;/h3-5,9-10,19H,2,6-8,11-17H2,1H3,(H,23,24);1H. The monoisotopic (exact) mass is 524 g/mol. The highest BCUT2D eigenvalue weighted by Gasteiger charge is 2.25. The predicted molar refractivity (Wildman–Crippen MR) is 131 cm³/mol. The van der Waals surface area contributed by atoms with Gasteiger partial charge in [0.2, 0.25) is 0 Å². The average Bonchev–Trinajstić information content (AvgIpc) is 3.37. The van der Waals surface area contributed by atoms with E-state index in [-0.39, 0.29) is 29.7 Å². The molecule has 1 atom stereocenters. The number of rotatable bonds is 6. The second-order valence-corrected chi connectivity index (χ2v) is 7.96. The normalized spacial score (nSPS) is 18.8. The molecule has 2 aliphatic rings. The van der Waals surface area contributed by atoms with E-state index in [1.807, 2.05) is 4.57 Å². The maximum atomic E-state index is 12.4. The number of nitrogens with zero attached hydrogens (tertiary/aromatic N) is 5. The number of hydrogen-bond acceptors (Lipinski definition) is 3. The Bertz CT molecular complexity index is 891. The molecule has 8 heteroatoms. The molecule has 7 nitrogen and oxygen atoms in total. The molecule has 30 heavy (non-hydrogen) atoms. The number of halogens is 1.